The van der Waals surface area contributed by atoms with E-state index in [1.165, 1.54) is 6.20 Å². The van der Waals surface area contributed by atoms with E-state index in [2.05, 4.69) is 20.3 Å². The summed E-state index contributed by atoms with van der Waals surface area (Å²) in [7, 11) is 1.59. The third-order valence-corrected chi connectivity index (χ3v) is 3.40. The van der Waals surface area contributed by atoms with Crippen molar-refractivity contribution < 1.29 is 14.3 Å². The summed E-state index contributed by atoms with van der Waals surface area (Å²) in [6, 6.07) is 7.18. The van der Waals surface area contributed by atoms with Gasteiger partial charge in [0, 0.05) is 18.8 Å². The minimum Gasteiger partial charge on any atom is -0.497 e. The van der Waals surface area contributed by atoms with Gasteiger partial charge in [0.15, 0.2) is 5.65 Å². The van der Waals surface area contributed by atoms with Crippen molar-refractivity contribution >= 4 is 17.1 Å². The number of nitrogens with zero attached hydrogens (tertiary/aromatic N) is 2. The summed E-state index contributed by atoms with van der Waals surface area (Å²) in [5.74, 6) is 1.38. The van der Waals surface area contributed by atoms with E-state index in [0.717, 1.165) is 6.42 Å². The summed E-state index contributed by atoms with van der Waals surface area (Å²) < 4.78 is 10.9. The average Bonchev–Trinajstić information content (AvgIpc) is 3.03. The molecule has 0 aliphatic carbocycles. The quantitative estimate of drug-likeness (QED) is 0.727. The van der Waals surface area contributed by atoms with Crippen LogP contribution >= 0.6 is 0 Å². The number of carbonyl (C=O) groups excluding carboxylic acids is 1. The Bertz CT molecular complexity index is 860. The molecule has 7 heteroatoms. The van der Waals surface area contributed by atoms with Gasteiger partial charge in [-0.25, -0.2) is 9.97 Å². The van der Waals surface area contributed by atoms with Crippen molar-refractivity contribution in [2.24, 2.45) is 0 Å². The lowest BCUT2D eigenvalue weighted by atomic mass is 10.3. The maximum atomic E-state index is 12.2. The summed E-state index contributed by atoms with van der Waals surface area (Å²) in [4.78, 5) is 23.8. The highest BCUT2D eigenvalue weighted by molar-refractivity contribution is 6.04. The molecule has 0 unspecified atom stereocenters. The van der Waals surface area contributed by atoms with Crippen molar-refractivity contribution in [1.29, 1.82) is 0 Å². The Morgan fingerprint density at radius 3 is 2.96 bits per heavy atom. The van der Waals surface area contributed by atoms with Crippen LogP contribution in [0.25, 0.3) is 11.2 Å². The molecule has 2 heterocycles. The van der Waals surface area contributed by atoms with Crippen LogP contribution in [0.15, 0.2) is 36.7 Å². The van der Waals surface area contributed by atoms with E-state index >= 15 is 0 Å². The van der Waals surface area contributed by atoms with Crippen LogP contribution < -0.4 is 14.8 Å². The number of H-pyrrole nitrogens is 1. The number of fused-ring (bicyclic) bond motifs is 1. The SMILES string of the molecule is CCCNC(=O)c1c[nH]c2ncc(Oc3cccc(OC)c3)nc12. The smallest absolute Gasteiger partial charge is 0.255 e. The number of rotatable bonds is 6. The second kappa shape index (κ2) is 6.99. The lowest BCUT2D eigenvalue weighted by Gasteiger charge is -2.06. The summed E-state index contributed by atoms with van der Waals surface area (Å²) in [6.07, 6.45) is 3.97. The Morgan fingerprint density at radius 2 is 2.17 bits per heavy atom. The van der Waals surface area contributed by atoms with Crippen molar-refractivity contribution in [2.45, 2.75) is 13.3 Å². The van der Waals surface area contributed by atoms with Crippen LogP contribution in [0, 0.1) is 0 Å². The lowest BCUT2D eigenvalue weighted by molar-refractivity contribution is 0.0955. The van der Waals surface area contributed by atoms with Crippen molar-refractivity contribution in [2.75, 3.05) is 13.7 Å². The van der Waals surface area contributed by atoms with Gasteiger partial charge in [0.05, 0.1) is 18.9 Å². The Kier molecular flexibility index (Phi) is 4.60. The van der Waals surface area contributed by atoms with E-state index in [-0.39, 0.29) is 5.91 Å². The Hall–Kier alpha value is -3.09. The van der Waals surface area contributed by atoms with E-state index in [1.54, 1.807) is 25.4 Å². The summed E-state index contributed by atoms with van der Waals surface area (Å²) in [5, 5.41) is 2.83. The van der Waals surface area contributed by atoms with Crippen LogP contribution in [0.4, 0.5) is 0 Å². The standard InChI is InChI=1S/C17H18N4O3/c1-3-7-18-17(22)13-9-19-16-15(13)21-14(10-20-16)24-12-6-4-5-11(8-12)23-2/h4-6,8-10H,3,7H2,1-2H3,(H,18,22)(H,19,20). The van der Waals surface area contributed by atoms with Crippen molar-refractivity contribution in [3.05, 3.63) is 42.2 Å². The molecular formula is C17H18N4O3. The first kappa shape index (κ1) is 15.8. The number of ether oxygens (including phenoxy) is 2. The summed E-state index contributed by atoms with van der Waals surface area (Å²) >= 11 is 0. The van der Waals surface area contributed by atoms with Gasteiger partial charge in [-0.15, -0.1) is 0 Å². The predicted octanol–water partition coefficient (Wildman–Crippen LogP) is 2.90. The van der Waals surface area contributed by atoms with Gasteiger partial charge < -0.3 is 19.8 Å². The average molecular weight is 326 g/mol. The van der Waals surface area contributed by atoms with Gasteiger partial charge in [0.25, 0.3) is 5.91 Å². The molecular weight excluding hydrogens is 308 g/mol. The van der Waals surface area contributed by atoms with Gasteiger partial charge in [0.1, 0.15) is 17.0 Å². The van der Waals surface area contributed by atoms with Gasteiger partial charge in [-0.1, -0.05) is 13.0 Å². The maximum absolute atomic E-state index is 12.2. The molecule has 0 fully saturated rings. The third-order valence-electron chi connectivity index (χ3n) is 3.40. The highest BCUT2D eigenvalue weighted by Gasteiger charge is 2.15. The molecule has 0 saturated heterocycles. The van der Waals surface area contributed by atoms with E-state index < -0.39 is 0 Å². The number of methoxy groups -OCH3 is 1. The fourth-order valence-electron chi connectivity index (χ4n) is 2.22. The molecule has 7 nitrogen and oxygen atoms in total. The molecule has 0 atom stereocenters. The monoisotopic (exact) mass is 326 g/mol. The topological polar surface area (TPSA) is 89.1 Å². The van der Waals surface area contributed by atoms with E-state index in [0.29, 0.717) is 40.7 Å². The number of carbonyl (C=O) groups is 1. The van der Waals surface area contributed by atoms with Gasteiger partial charge in [-0.3, -0.25) is 4.79 Å². The molecule has 2 aromatic heterocycles. The lowest BCUT2D eigenvalue weighted by Crippen LogP contribution is -2.23. The normalized spacial score (nSPS) is 10.6. The summed E-state index contributed by atoms with van der Waals surface area (Å²) in [5.41, 5.74) is 1.46. The van der Waals surface area contributed by atoms with E-state index in [1.807, 2.05) is 19.1 Å². The minimum atomic E-state index is -0.184. The second-order valence-electron chi connectivity index (χ2n) is 5.14. The number of hydrogen-bond acceptors (Lipinski definition) is 5. The number of nitrogens with one attached hydrogen (secondary N) is 2. The first-order valence-electron chi connectivity index (χ1n) is 7.65. The third kappa shape index (κ3) is 3.29. The minimum absolute atomic E-state index is 0.184. The van der Waals surface area contributed by atoms with Crippen LogP contribution in [-0.4, -0.2) is 34.5 Å². The molecule has 0 aliphatic rings. The van der Waals surface area contributed by atoms with Crippen molar-refractivity contribution in [1.82, 2.24) is 20.3 Å². The molecule has 0 spiro atoms. The molecule has 24 heavy (non-hydrogen) atoms. The Balaban J connectivity index is 1.88. The molecule has 1 amide bonds. The van der Waals surface area contributed by atoms with Crippen LogP contribution in [0.5, 0.6) is 17.4 Å². The fourth-order valence-corrected chi connectivity index (χ4v) is 2.22. The largest absolute Gasteiger partial charge is 0.497 e. The first-order chi connectivity index (χ1) is 11.7. The van der Waals surface area contributed by atoms with Gasteiger partial charge in [-0.05, 0) is 18.6 Å². The van der Waals surface area contributed by atoms with E-state index in [4.69, 9.17) is 9.47 Å². The van der Waals surface area contributed by atoms with Gasteiger partial charge in [0.2, 0.25) is 5.88 Å². The number of amides is 1. The molecule has 0 saturated carbocycles. The van der Waals surface area contributed by atoms with Crippen LogP contribution in [0.1, 0.15) is 23.7 Å². The number of aromatic amines is 1. The van der Waals surface area contributed by atoms with Crippen molar-refractivity contribution in [3.8, 4) is 17.4 Å². The molecule has 2 N–H and O–H groups in total. The van der Waals surface area contributed by atoms with Crippen LogP contribution in [0.2, 0.25) is 0 Å². The molecule has 3 rings (SSSR count). The predicted molar refractivity (Wildman–Crippen MR) is 89.6 cm³/mol. The molecule has 124 valence electrons. The molecule has 3 aromatic rings. The zero-order chi connectivity index (χ0) is 16.9. The fraction of sp³-hybridized carbons (Fsp3) is 0.235. The molecule has 0 aliphatic heterocycles. The van der Waals surface area contributed by atoms with Crippen molar-refractivity contribution in [3.63, 3.8) is 0 Å². The second-order valence-corrected chi connectivity index (χ2v) is 5.14. The number of benzene rings is 1. The Labute approximate surface area is 139 Å². The molecule has 0 radical (unpaired) electrons. The molecule has 0 bridgehead atoms. The highest BCUT2D eigenvalue weighted by Crippen LogP contribution is 2.25. The number of hydrogen-bond donors (Lipinski definition) is 2. The van der Waals surface area contributed by atoms with E-state index in [9.17, 15) is 4.79 Å². The zero-order valence-corrected chi connectivity index (χ0v) is 13.5. The Morgan fingerprint density at radius 1 is 1.33 bits per heavy atom. The number of aromatic nitrogens is 3. The maximum Gasteiger partial charge on any atom is 0.255 e. The van der Waals surface area contributed by atoms with Gasteiger partial charge in [-0.2, -0.15) is 0 Å². The van der Waals surface area contributed by atoms with Crippen LogP contribution in [0.3, 0.4) is 0 Å². The van der Waals surface area contributed by atoms with Crippen LogP contribution in [-0.2, 0) is 0 Å². The first-order valence-corrected chi connectivity index (χ1v) is 7.65. The van der Waals surface area contributed by atoms with Gasteiger partial charge >= 0.3 is 0 Å². The zero-order valence-electron chi connectivity index (χ0n) is 13.5. The highest BCUT2D eigenvalue weighted by atomic mass is 16.5. The molecule has 1 aromatic carbocycles. The summed E-state index contributed by atoms with van der Waals surface area (Å²) in [6.45, 7) is 2.61.